The number of aryl methyl sites for hydroxylation is 1. The molecule has 1 atom stereocenters. The van der Waals surface area contributed by atoms with Gasteiger partial charge in [0.1, 0.15) is 10.7 Å². The molecule has 2 aromatic rings. The topological polar surface area (TPSA) is 127 Å². The molecule has 8 nitrogen and oxygen atoms in total. The van der Waals surface area contributed by atoms with Gasteiger partial charge in [-0.2, -0.15) is 5.10 Å². The zero-order valence-corrected chi connectivity index (χ0v) is 14.8. The maximum absolute atomic E-state index is 11.8. The second-order valence-corrected chi connectivity index (χ2v) is 7.12. The lowest BCUT2D eigenvalue weighted by Gasteiger charge is -2.24. The summed E-state index contributed by atoms with van der Waals surface area (Å²) in [6, 6.07) is 7.80. The number of carbonyl (C=O) groups is 1. The molecule has 25 heavy (non-hydrogen) atoms. The number of nitrogens with two attached hydrogens (primary N) is 1. The molecule has 1 amide bonds. The zero-order valence-electron chi connectivity index (χ0n) is 13.9. The van der Waals surface area contributed by atoms with Gasteiger partial charge in [-0.3, -0.25) is 14.7 Å². The Kier molecular flexibility index (Phi) is 6.29. The van der Waals surface area contributed by atoms with E-state index in [1.807, 2.05) is 30.5 Å². The molecule has 1 aromatic carbocycles. The highest BCUT2D eigenvalue weighted by molar-refractivity contribution is 7.72. The first kappa shape index (κ1) is 19.1. The van der Waals surface area contributed by atoms with Crippen molar-refractivity contribution in [3.63, 3.8) is 0 Å². The van der Waals surface area contributed by atoms with Crippen LogP contribution in [-0.4, -0.2) is 35.1 Å². The molecule has 0 aliphatic carbocycles. The third-order valence-corrected chi connectivity index (χ3v) is 5.13. The number of thiol groups is 1. The molecule has 136 valence electrons. The van der Waals surface area contributed by atoms with E-state index >= 15 is 0 Å². The quantitative estimate of drug-likeness (QED) is 0.306. The van der Waals surface area contributed by atoms with Crippen molar-refractivity contribution in [1.29, 1.82) is 0 Å². The Morgan fingerprint density at radius 1 is 1.32 bits per heavy atom. The van der Waals surface area contributed by atoms with E-state index in [-0.39, 0.29) is 12.2 Å². The van der Waals surface area contributed by atoms with Gasteiger partial charge >= 0.3 is 0 Å². The molecular weight excluding hydrogens is 344 g/mol. The van der Waals surface area contributed by atoms with Crippen LogP contribution < -0.4 is 11.2 Å². The predicted molar refractivity (Wildman–Crippen MR) is 93.4 cm³/mol. The Morgan fingerprint density at radius 2 is 2.00 bits per heavy atom. The molecule has 0 saturated carbocycles. The van der Waals surface area contributed by atoms with Gasteiger partial charge < -0.3 is 5.73 Å². The van der Waals surface area contributed by atoms with Gasteiger partial charge in [0.15, 0.2) is 0 Å². The number of hydrogen-bond acceptors (Lipinski definition) is 6. The summed E-state index contributed by atoms with van der Waals surface area (Å²) >= 11 is 0. The van der Waals surface area contributed by atoms with Crippen LogP contribution in [0, 0.1) is 5.41 Å². The SMILES string of the molecule is CC(CCn1cc(-c2ccc(CN)cc2)cn1)(C[SH](=O)=O)C(=O)NO. The first-order valence-electron chi connectivity index (χ1n) is 7.76. The smallest absolute Gasteiger partial charge is 0.250 e. The second-order valence-electron chi connectivity index (χ2n) is 6.14. The lowest BCUT2D eigenvalue weighted by molar-refractivity contribution is -0.138. The van der Waals surface area contributed by atoms with Crippen LogP contribution in [-0.2, 0) is 28.6 Å². The van der Waals surface area contributed by atoms with Crippen molar-refractivity contribution in [3.8, 4) is 11.1 Å². The van der Waals surface area contributed by atoms with Crippen molar-refractivity contribution in [2.75, 3.05) is 5.75 Å². The van der Waals surface area contributed by atoms with Crippen LogP contribution in [0.25, 0.3) is 11.1 Å². The van der Waals surface area contributed by atoms with Gasteiger partial charge in [0.2, 0.25) is 5.91 Å². The number of benzene rings is 1. The minimum Gasteiger partial charge on any atom is -0.326 e. The van der Waals surface area contributed by atoms with E-state index in [9.17, 15) is 13.2 Å². The van der Waals surface area contributed by atoms with Crippen LogP contribution in [0.2, 0.25) is 0 Å². The predicted octanol–water partition coefficient (Wildman–Crippen LogP) is 0.522. The summed E-state index contributed by atoms with van der Waals surface area (Å²) in [6.07, 6.45) is 3.75. The molecule has 1 unspecified atom stereocenters. The minimum absolute atomic E-state index is 0.218. The lowest BCUT2D eigenvalue weighted by atomic mass is 9.88. The molecule has 0 radical (unpaired) electrons. The Balaban J connectivity index is 2.10. The fourth-order valence-electron chi connectivity index (χ4n) is 2.51. The lowest BCUT2D eigenvalue weighted by Crippen LogP contribution is -2.41. The molecule has 0 spiro atoms. The largest absolute Gasteiger partial charge is 0.326 e. The van der Waals surface area contributed by atoms with E-state index < -0.39 is 22.0 Å². The molecule has 9 heteroatoms. The molecule has 0 saturated heterocycles. The highest BCUT2D eigenvalue weighted by atomic mass is 32.2. The maximum atomic E-state index is 11.8. The number of aromatic nitrogens is 2. The summed E-state index contributed by atoms with van der Waals surface area (Å²) in [5, 5.41) is 13.1. The molecule has 0 aliphatic heterocycles. The Morgan fingerprint density at radius 3 is 2.56 bits per heavy atom. The van der Waals surface area contributed by atoms with Gasteiger partial charge in [-0.25, -0.2) is 13.9 Å². The Hall–Kier alpha value is -2.23. The van der Waals surface area contributed by atoms with Crippen molar-refractivity contribution in [2.45, 2.75) is 26.4 Å². The van der Waals surface area contributed by atoms with Gasteiger partial charge in [0, 0.05) is 24.8 Å². The molecule has 0 aliphatic rings. The van der Waals surface area contributed by atoms with Crippen LogP contribution >= 0.6 is 0 Å². The highest BCUT2D eigenvalue weighted by Gasteiger charge is 2.34. The fraction of sp³-hybridized carbons (Fsp3) is 0.375. The van der Waals surface area contributed by atoms with Crippen molar-refractivity contribution in [3.05, 3.63) is 42.2 Å². The van der Waals surface area contributed by atoms with E-state index in [0.29, 0.717) is 13.1 Å². The number of hydrogen-bond donors (Lipinski definition) is 4. The maximum Gasteiger partial charge on any atom is 0.250 e. The monoisotopic (exact) mass is 366 g/mol. The van der Waals surface area contributed by atoms with Gasteiger partial charge in [-0.05, 0) is 24.5 Å². The van der Waals surface area contributed by atoms with Crippen molar-refractivity contribution >= 4 is 16.6 Å². The van der Waals surface area contributed by atoms with Crippen LogP contribution in [0.4, 0.5) is 0 Å². The van der Waals surface area contributed by atoms with E-state index in [0.717, 1.165) is 16.7 Å². The standard InChI is InChI=1S/C16H22N4O4S/c1-16(11-25(23)24,15(21)19-22)6-7-20-10-14(9-18-20)13-4-2-12(8-17)3-5-13/h2-5,9-10,22,25H,6-8,11,17H2,1H3,(H,19,21). The minimum atomic E-state index is -2.75. The van der Waals surface area contributed by atoms with Crippen LogP contribution in [0.5, 0.6) is 0 Å². The normalized spacial score (nSPS) is 13.6. The summed E-state index contributed by atoms with van der Waals surface area (Å²) in [4.78, 5) is 11.8. The third-order valence-electron chi connectivity index (χ3n) is 4.18. The van der Waals surface area contributed by atoms with Gasteiger partial charge in [-0.1, -0.05) is 24.3 Å². The molecule has 0 bridgehead atoms. The third kappa shape index (κ3) is 4.88. The summed E-state index contributed by atoms with van der Waals surface area (Å²) < 4.78 is 23.7. The number of amides is 1. The van der Waals surface area contributed by atoms with E-state index in [2.05, 4.69) is 5.10 Å². The van der Waals surface area contributed by atoms with E-state index in [1.165, 1.54) is 6.92 Å². The Labute approximate surface area is 147 Å². The first-order valence-corrected chi connectivity index (χ1v) is 9.12. The first-order chi connectivity index (χ1) is 11.9. The summed E-state index contributed by atoms with van der Waals surface area (Å²) in [6.45, 7) is 2.32. The molecule has 4 N–H and O–H groups in total. The molecule has 1 heterocycles. The highest BCUT2D eigenvalue weighted by Crippen LogP contribution is 2.24. The van der Waals surface area contributed by atoms with Gasteiger partial charge in [0.05, 0.1) is 17.4 Å². The van der Waals surface area contributed by atoms with Crippen LogP contribution in [0.15, 0.2) is 36.7 Å². The number of nitrogens with one attached hydrogen (secondary N) is 1. The molecular formula is C16H22N4O4S. The summed E-state index contributed by atoms with van der Waals surface area (Å²) in [5.41, 5.74) is 8.84. The number of nitrogens with zero attached hydrogens (tertiary/aromatic N) is 2. The number of carbonyl (C=O) groups excluding carboxylic acids is 1. The van der Waals surface area contributed by atoms with E-state index in [4.69, 9.17) is 10.9 Å². The summed E-state index contributed by atoms with van der Waals surface area (Å²) in [7, 11) is -2.75. The average molecular weight is 366 g/mol. The molecule has 2 rings (SSSR count). The number of rotatable bonds is 8. The van der Waals surface area contributed by atoms with E-state index in [1.54, 1.807) is 16.4 Å². The summed E-state index contributed by atoms with van der Waals surface area (Å²) in [5.74, 6) is -1.07. The van der Waals surface area contributed by atoms with Crippen LogP contribution in [0.1, 0.15) is 18.9 Å². The zero-order chi connectivity index (χ0) is 18.4. The van der Waals surface area contributed by atoms with Crippen molar-refractivity contribution in [2.24, 2.45) is 11.1 Å². The average Bonchev–Trinajstić information content (AvgIpc) is 3.08. The van der Waals surface area contributed by atoms with Gasteiger partial charge in [0.25, 0.3) is 0 Å². The molecule has 0 fully saturated rings. The van der Waals surface area contributed by atoms with Crippen molar-refractivity contribution < 1.29 is 18.4 Å². The van der Waals surface area contributed by atoms with Crippen LogP contribution in [0.3, 0.4) is 0 Å². The fourth-order valence-corrected chi connectivity index (χ4v) is 3.39. The number of hydroxylamine groups is 1. The molecule has 1 aromatic heterocycles. The van der Waals surface area contributed by atoms with Crippen molar-refractivity contribution in [1.82, 2.24) is 15.3 Å². The second kappa shape index (κ2) is 8.24. The van der Waals surface area contributed by atoms with Gasteiger partial charge in [-0.15, -0.1) is 0 Å². The Bertz CT molecular complexity index is 793.